The number of nitrogens with one attached hydrogen (secondary N) is 1. The molecule has 0 saturated heterocycles. The summed E-state index contributed by atoms with van der Waals surface area (Å²) in [5.41, 5.74) is 4.64. The van der Waals surface area contributed by atoms with E-state index in [9.17, 15) is 4.79 Å². The van der Waals surface area contributed by atoms with Crippen LogP contribution in [0.15, 0.2) is 66.1 Å². The molecule has 3 aromatic rings. The van der Waals surface area contributed by atoms with Crippen molar-refractivity contribution in [1.82, 2.24) is 4.98 Å². The number of fused-ring (bicyclic) bond motifs is 1. The van der Waals surface area contributed by atoms with Gasteiger partial charge in [-0.25, -0.2) is 4.98 Å². The first-order valence-electron chi connectivity index (χ1n) is 8.39. The van der Waals surface area contributed by atoms with Crippen LogP contribution in [-0.4, -0.2) is 23.2 Å². The van der Waals surface area contributed by atoms with Gasteiger partial charge in [-0.2, -0.15) is 4.57 Å². The average molecular weight is 350 g/mol. The highest BCUT2D eigenvalue weighted by atomic mass is 32.2. The molecule has 4 nitrogen and oxygen atoms in total. The first-order valence-corrected chi connectivity index (χ1v) is 9.38. The maximum Gasteiger partial charge on any atom is 0.321 e. The molecule has 2 heterocycles. The summed E-state index contributed by atoms with van der Waals surface area (Å²) in [4.78, 5) is 17.8. The van der Waals surface area contributed by atoms with Crippen LogP contribution in [0.25, 0.3) is 5.69 Å². The number of benzene rings is 2. The van der Waals surface area contributed by atoms with Gasteiger partial charge in [-0.15, -0.1) is 0 Å². The highest BCUT2D eigenvalue weighted by molar-refractivity contribution is 7.99. The van der Waals surface area contributed by atoms with Crippen molar-refractivity contribution in [3.8, 4) is 5.69 Å². The zero-order valence-corrected chi connectivity index (χ0v) is 14.9. The molecule has 0 aliphatic carbocycles. The molecule has 0 fully saturated rings. The molecule has 0 spiro atoms. The molecular weight excluding hydrogens is 330 g/mol. The number of nitrogens with zero attached hydrogens (tertiary/aromatic N) is 2. The monoisotopic (exact) mass is 350 g/mol. The van der Waals surface area contributed by atoms with Crippen LogP contribution in [-0.2, 0) is 11.2 Å². The highest BCUT2D eigenvalue weighted by Crippen LogP contribution is 2.28. The summed E-state index contributed by atoms with van der Waals surface area (Å²) >= 11 is 1.54. The van der Waals surface area contributed by atoms with E-state index in [0.717, 1.165) is 29.5 Å². The number of imidazole rings is 1. The Labute approximate surface area is 151 Å². The molecule has 1 aromatic heterocycles. The lowest BCUT2D eigenvalue weighted by Gasteiger charge is -2.16. The number of rotatable bonds is 4. The second kappa shape index (κ2) is 6.76. The fraction of sp³-hybridized carbons (Fsp3) is 0.200. The number of aryl methyl sites for hydroxylation is 1. The van der Waals surface area contributed by atoms with Crippen molar-refractivity contribution in [3.05, 3.63) is 72.1 Å². The molecule has 4 rings (SSSR count). The number of hydrogen-bond acceptors (Lipinski definition) is 2. The summed E-state index contributed by atoms with van der Waals surface area (Å²) in [6.07, 6.45) is 4.84. The smallest absolute Gasteiger partial charge is 0.311 e. The van der Waals surface area contributed by atoms with Crippen molar-refractivity contribution >= 4 is 23.4 Å². The second-order valence-corrected chi connectivity index (χ2v) is 7.15. The van der Waals surface area contributed by atoms with Crippen molar-refractivity contribution in [3.63, 3.8) is 0 Å². The number of hydrogen-bond donors (Lipinski definition) is 1. The Balaban J connectivity index is 1.48. The van der Waals surface area contributed by atoms with Crippen LogP contribution in [0.1, 0.15) is 11.1 Å². The van der Waals surface area contributed by atoms with Crippen LogP contribution in [0, 0.1) is 6.92 Å². The molecule has 0 atom stereocenters. The average Bonchev–Trinajstić information content (AvgIpc) is 3.26. The summed E-state index contributed by atoms with van der Waals surface area (Å²) in [5.74, 6) is 0.570. The van der Waals surface area contributed by atoms with Crippen LogP contribution >= 0.6 is 11.8 Å². The number of para-hydroxylation sites is 1. The van der Waals surface area contributed by atoms with Gasteiger partial charge in [0.05, 0.1) is 5.75 Å². The molecule has 5 heteroatoms. The number of thioether (sulfide) groups is 1. The van der Waals surface area contributed by atoms with E-state index in [1.165, 1.54) is 11.1 Å². The van der Waals surface area contributed by atoms with Gasteiger partial charge in [0.2, 0.25) is 5.91 Å². The number of amides is 1. The third kappa shape index (κ3) is 3.20. The molecule has 25 heavy (non-hydrogen) atoms. The van der Waals surface area contributed by atoms with Gasteiger partial charge in [0.15, 0.2) is 0 Å². The van der Waals surface area contributed by atoms with E-state index in [1.54, 1.807) is 11.8 Å². The van der Waals surface area contributed by atoms with Crippen molar-refractivity contribution in [1.29, 1.82) is 0 Å². The van der Waals surface area contributed by atoms with Crippen molar-refractivity contribution < 1.29 is 9.36 Å². The Bertz CT molecular complexity index is 919. The SMILES string of the molecule is Cc1cccc(-[n+]2cc[nH]c2SCC(=O)N2CCc3ccccc32)c1. The van der Waals surface area contributed by atoms with Gasteiger partial charge in [0.1, 0.15) is 18.1 Å². The third-order valence-electron chi connectivity index (χ3n) is 4.45. The summed E-state index contributed by atoms with van der Waals surface area (Å²) in [6.45, 7) is 2.86. The minimum Gasteiger partial charge on any atom is -0.311 e. The van der Waals surface area contributed by atoms with Gasteiger partial charge < -0.3 is 4.90 Å². The first-order chi connectivity index (χ1) is 12.2. The summed E-state index contributed by atoms with van der Waals surface area (Å²) in [6, 6.07) is 16.5. The molecule has 0 unspecified atom stereocenters. The van der Waals surface area contributed by atoms with E-state index < -0.39 is 0 Å². The van der Waals surface area contributed by atoms with Gasteiger partial charge in [-0.05, 0) is 54.4 Å². The second-order valence-electron chi connectivity index (χ2n) is 6.19. The maximum atomic E-state index is 12.7. The molecule has 1 N–H and O–H groups in total. The van der Waals surface area contributed by atoms with E-state index in [0.29, 0.717) is 5.75 Å². The Morgan fingerprint density at radius 3 is 3.00 bits per heavy atom. The quantitative estimate of drug-likeness (QED) is 0.579. The van der Waals surface area contributed by atoms with Crippen molar-refractivity contribution in [2.75, 3.05) is 17.2 Å². The van der Waals surface area contributed by atoms with E-state index in [2.05, 4.69) is 40.7 Å². The number of aromatic nitrogens is 2. The number of carbonyl (C=O) groups excluding carboxylic acids is 1. The number of carbonyl (C=O) groups is 1. The van der Waals surface area contributed by atoms with E-state index in [1.807, 2.05) is 41.6 Å². The van der Waals surface area contributed by atoms with Crippen LogP contribution in [0.4, 0.5) is 5.69 Å². The molecule has 1 aliphatic rings. The fourth-order valence-electron chi connectivity index (χ4n) is 3.22. The standard InChI is InChI=1S/C20H19N3OS/c1-15-5-4-7-17(13-15)22-12-10-21-20(22)25-14-19(24)23-11-9-16-6-2-3-8-18(16)23/h2-8,10,12-13H,9,11,14H2,1H3/p+1. The number of anilines is 1. The van der Waals surface area contributed by atoms with Gasteiger partial charge in [-0.3, -0.25) is 4.79 Å². The van der Waals surface area contributed by atoms with E-state index >= 15 is 0 Å². The Morgan fingerprint density at radius 2 is 2.12 bits per heavy atom. The van der Waals surface area contributed by atoms with E-state index in [-0.39, 0.29) is 5.91 Å². The number of aromatic amines is 1. The van der Waals surface area contributed by atoms with Crippen molar-refractivity contribution in [2.24, 2.45) is 0 Å². The van der Waals surface area contributed by atoms with Crippen molar-refractivity contribution in [2.45, 2.75) is 18.5 Å². The summed E-state index contributed by atoms with van der Waals surface area (Å²) in [7, 11) is 0. The van der Waals surface area contributed by atoms with Crippen LogP contribution in [0.2, 0.25) is 0 Å². The Kier molecular flexibility index (Phi) is 4.32. The minimum atomic E-state index is 0.153. The largest absolute Gasteiger partial charge is 0.321 e. The molecule has 1 amide bonds. The topological polar surface area (TPSA) is 40.0 Å². The molecule has 126 valence electrons. The Morgan fingerprint density at radius 1 is 1.24 bits per heavy atom. The first kappa shape index (κ1) is 16.0. The summed E-state index contributed by atoms with van der Waals surface area (Å²) in [5, 5.41) is 0.964. The molecular formula is C20H20N3OS+. The zero-order chi connectivity index (χ0) is 17.2. The van der Waals surface area contributed by atoms with Crippen LogP contribution < -0.4 is 9.47 Å². The van der Waals surface area contributed by atoms with Crippen LogP contribution in [0.5, 0.6) is 0 Å². The predicted molar refractivity (Wildman–Crippen MR) is 100 cm³/mol. The molecule has 0 bridgehead atoms. The number of H-pyrrole nitrogens is 1. The maximum absolute atomic E-state index is 12.7. The van der Waals surface area contributed by atoms with Gasteiger partial charge in [-0.1, -0.05) is 30.3 Å². The minimum absolute atomic E-state index is 0.153. The normalized spacial score (nSPS) is 13.1. The van der Waals surface area contributed by atoms with E-state index in [4.69, 9.17) is 0 Å². The highest BCUT2D eigenvalue weighted by Gasteiger charge is 2.25. The third-order valence-corrected chi connectivity index (χ3v) is 5.43. The zero-order valence-electron chi connectivity index (χ0n) is 14.1. The Hall–Kier alpha value is -2.53. The van der Waals surface area contributed by atoms with Gasteiger partial charge in [0, 0.05) is 12.2 Å². The van der Waals surface area contributed by atoms with Crippen LogP contribution in [0.3, 0.4) is 0 Å². The van der Waals surface area contributed by atoms with Gasteiger partial charge in [0.25, 0.3) is 0 Å². The lowest BCUT2D eigenvalue weighted by molar-refractivity contribution is -0.635. The fourth-order valence-corrected chi connectivity index (χ4v) is 4.09. The molecule has 0 radical (unpaired) electrons. The molecule has 0 saturated carbocycles. The summed E-state index contributed by atoms with van der Waals surface area (Å²) < 4.78 is 2.09. The lowest BCUT2D eigenvalue weighted by Crippen LogP contribution is -2.33. The van der Waals surface area contributed by atoms with Gasteiger partial charge >= 0.3 is 5.16 Å². The predicted octanol–water partition coefficient (Wildman–Crippen LogP) is 3.28. The molecule has 2 aromatic carbocycles. The molecule has 1 aliphatic heterocycles. The lowest BCUT2D eigenvalue weighted by atomic mass is 10.2.